The Kier molecular flexibility index (Phi) is 7.97. The fraction of sp³-hybridized carbons (Fsp3) is 0.190. The highest BCUT2D eigenvalue weighted by Gasteiger charge is 2.38. The number of amides is 2. The molecule has 1 saturated heterocycles. The minimum atomic E-state index is -2.53. The van der Waals surface area contributed by atoms with Crippen LogP contribution in [0.5, 0.6) is 0 Å². The zero-order valence-electron chi connectivity index (χ0n) is 16.4. The van der Waals surface area contributed by atoms with Gasteiger partial charge in [0.15, 0.2) is 5.17 Å². The van der Waals surface area contributed by atoms with Gasteiger partial charge in [-0.15, -0.1) is 6.58 Å². The van der Waals surface area contributed by atoms with Gasteiger partial charge >= 0.3 is 0 Å². The van der Waals surface area contributed by atoms with Crippen LogP contribution in [0.25, 0.3) is 0 Å². The molecule has 2 aromatic carbocycles. The van der Waals surface area contributed by atoms with Crippen LogP contribution in [0.1, 0.15) is 6.42 Å². The van der Waals surface area contributed by atoms with Gasteiger partial charge in [-0.25, -0.2) is 13.8 Å². The van der Waals surface area contributed by atoms with E-state index in [0.29, 0.717) is 33.6 Å². The molecule has 0 aliphatic carbocycles. The van der Waals surface area contributed by atoms with Crippen molar-refractivity contribution in [2.75, 3.05) is 11.9 Å². The van der Waals surface area contributed by atoms with Gasteiger partial charge in [-0.1, -0.05) is 29.6 Å². The van der Waals surface area contributed by atoms with Crippen LogP contribution in [-0.4, -0.2) is 39.4 Å². The van der Waals surface area contributed by atoms with Gasteiger partial charge in [-0.2, -0.15) is 8.78 Å². The third-order valence-corrected chi connectivity index (χ3v) is 6.09. The van der Waals surface area contributed by atoms with Crippen LogP contribution in [-0.2, 0) is 9.59 Å². The maximum absolute atomic E-state index is 13.8. The summed E-state index contributed by atoms with van der Waals surface area (Å²) in [4.78, 5) is 31.2. The second-order valence-corrected chi connectivity index (χ2v) is 8.72. The van der Waals surface area contributed by atoms with Crippen LogP contribution < -0.4 is 5.32 Å². The number of halogens is 4. The van der Waals surface area contributed by atoms with E-state index in [-0.39, 0.29) is 24.6 Å². The molecule has 0 bridgehead atoms. The molecule has 2 amide bonds. The summed E-state index contributed by atoms with van der Waals surface area (Å²) in [5.41, 5.74) is 0.261. The first-order chi connectivity index (χ1) is 15.3. The van der Waals surface area contributed by atoms with Crippen molar-refractivity contribution in [3.8, 4) is 0 Å². The number of thioether (sulfide) groups is 2. The van der Waals surface area contributed by atoms with Crippen molar-refractivity contribution in [3.63, 3.8) is 0 Å². The molecule has 0 aromatic heterocycles. The van der Waals surface area contributed by atoms with Crippen molar-refractivity contribution in [1.82, 2.24) is 4.90 Å². The highest BCUT2D eigenvalue weighted by Crippen LogP contribution is 2.33. The number of rotatable bonds is 8. The van der Waals surface area contributed by atoms with Crippen molar-refractivity contribution < 1.29 is 27.2 Å². The molecular weight excluding hydrogens is 466 g/mol. The van der Waals surface area contributed by atoms with E-state index in [2.05, 4.69) is 16.9 Å². The van der Waals surface area contributed by atoms with Gasteiger partial charge in [0.2, 0.25) is 11.8 Å². The summed E-state index contributed by atoms with van der Waals surface area (Å²) in [7, 11) is 0. The molecule has 1 heterocycles. The lowest BCUT2D eigenvalue weighted by Crippen LogP contribution is -2.33. The lowest BCUT2D eigenvalue weighted by molar-refractivity contribution is -0.127. The standard InChI is InChI=1S/C21H17F4N3O2S2/c1-2-9-28-19(30)17(11-18(29)27-16-8-3-12(22)10-15(16)23)32-21(28)26-13-4-6-14(7-5-13)31-20(24)25/h2-8,10,17,20H,1,9,11H2,(H,27,29). The molecule has 2 aromatic rings. The highest BCUT2D eigenvalue weighted by atomic mass is 32.2. The molecule has 1 aliphatic heterocycles. The number of benzene rings is 2. The Labute approximate surface area is 190 Å². The number of alkyl halides is 2. The van der Waals surface area contributed by atoms with E-state index < -0.39 is 28.5 Å². The van der Waals surface area contributed by atoms with Crippen LogP contribution in [0, 0.1) is 11.6 Å². The van der Waals surface area contributed by atoms with Crippen LogP contribution in [0.3, 0.4) is 0 Å². The van der Waals surface area contributed by atoms with E-state index in [9.17, 15) is 27.2 Å². The van der Waals surface area contributed by atoms with Gasteiger partial charge in [0.25, 0.3) is 5.76 Å². The average molecular weight is 484 g/mol. The molecule has 1 unspecified atom stereocenters. The molecule has 168 valence electrons. The highest BCUT2D eigenvalue weighted by molar-refractivity contribution is 8.15. The molecule has 11 heteroatoms. The summed E-state index contributed by atoms with van der Waals surface area (Å²) >= 11 is 1.47. The van der Waals surface area contributed by atoms with Crippen molar-refractivity contribution >= 4 is 51.9 Å². The fourth-order valence-corrected chi connectivity index (χ4v) is 4.46. The second kappa shape index (κ2) is 10.7. The zero-order chi connectivity index (χ0) is 23.3. The maximum atomic E-state index is 13.8. The second-order valence-electron chi connectivity index (χ2n) is 6.49. The first kappa shape index (κ1) is 23.9. The lowest BCUT2D eigenvalue weighted by Gasteiger charge is -2.14. The van der Waals surface area contributed by atoms with Crippen LogP contribution in [0.2, 0.25) is 0 Å². The molecule has 1 N–H and O–H groups in total. The summed E-state index contributed by atoms with van der Waals surface area (Å²) in [6.45, 7) is 3.78. The molecule has 1 aliphatic rings. The number of anilines is 1. The minimum Gasteiger partial charge on any atom is -0.324 e. The number of carbonyl (C=O) groups is 2. The topological polar surface area (TPSA) is 61.8 Å². The van der Waals surface area contributed by atoms with Crippen molar-refractivity contribution in [3.05, 3.63) is 66.8 Å². The Morgan fingerprint density at radius 1 is 1.25 bits per heavy atom. The van der Waals surface area contributed by atoms with Gasteiger partial charge in [-0.3, -0.25) is 14.5 Å². The molecular formula is C21H17F4N3O2S2. The summed E-state index contributed by atoms with van der Waals surface area (Å²) in [6.07, 6.45) is 1.25. The number of amidine groups is 1. The minimum absolute atomic E-state index is 0.161. The average Bonchev–Trinajstić information content (AvgIpc) is 3.00. The van der Waals surface area contributed by atoms with Crippen molar-refractivity contribution in [2.24, 2.45) is 4.99 Å². The lowest BCUT2D eigenvalue weighted by atomic mass is 10.2. The SMILES string of the molecule is C=CCN1C(=O)C(CC(=O)Nc2ccc(F)cc2F)SC1=Nc1ccc(SC(F)F)cc1. The van der Waals surface area contributed by atoms with Gasteiger partial charge in [-0.05, 0) is 36.4 Å². The first-order valence-electron chi connectivity index (χ1n) is 9.24. The van der Waals surface area contributed by atoms with Crippen molar-refractivity contribution in [1.29, 1.82) is 0 Å². The third kappa shape index (κ3) is 6.13. The quantitative estimate of drug-likeness (QED) is 0.309. The zero-order valence-corrected chi connectivity index (χ0v) is 18.1. The molecule has 0 spiro atoms. The van der Waals surface area contributed by atoms with E-state index in [1.54, 1.807) is 12.1 Å². The Hall–Kier alpha value is -2.79. The number of hydrogen-bond acceptors (Lipinski definition) is 5. The van der Waals surface area contributed by atoms with Crippen LogP contribution in [0.15, 0.2) is 65.0 Å². The molecule has 1 fully saturated rings. The van der Waals surface area contributed by atoms with E-state index in [1.807, 2.05) is 0 Å². The molecule has 3 rings (SSSR count). The normalized spacial score (nSPS) is 17.3. The first-order valence-corrected chi connectivity index (χ1v) is 11.0. The largest absolute Gasteiger partial charge is 0.324 e. The monoisotopic (exact) mass is 483 g/mol. The summed E-state index contributed by atoms with van der Waals surface area (Å²) < 4.78 is 51.7. The van der Waals surface area contributed by atoms with Crippen LogP contribution in [0.4, 0.5) is 28.9 Å². The third-order valence-electron chi connectivity index (χ3n) is 4.19. The van der Waals surface area contributed by atoms with Gasteiger partial charge in [0, 0.05) is 23.9 Å². The van der Waals surface area contributed by atoms with E-state index in [4.69, 9.17) is 0 Å². The van der Waals surface area contributed by atoms with Crippen LogP contribution >= 0.6 is 23.5 Å². The Morgan fingerprint density at radius 2 is 1.97 bits per heavy atom. The smallest absolute Gasteiger partial charge is 0.288 e. The molecule has 5 nitrogen and oxygen atoms in total. The van der Waals surface area contributed by atoms with E-state index in [1.165, 1.54) is 23.1 Å². The number of nitrogens with one attached hydrogen (secondary N) is 1. The Bertz CT molecular complexity index is 1050. The summed E-state index contributed by atoms with van der Waals surface area (Å²) in [5.74, 6) is -5.21. The summed E-state index contributed by atoms with van der Waals surface area (Å²) in [5, 5.41) is 1.86. The Balaban J connectivity index is 1.72. The fourth-order valence-electron chi connectivity index (χ4n) is 2.80. The predicted molar refractivity (Wildman–Crippen MR) is 118 cm³/mol. The number of hydrogen-bond donors (Lipinski definition) is 1. The van der Waals surface area contributed by atoms with Gasteiger partial charge < -0.3 is 5.32 Å². The molecule has 0 saturated carbocycles. The van der Waals surface area contributed by atoms with Gasteiger partial charge in [0.1, 0.15) is 16.9 Å². The molecule has 32 heavy (non-hydrogen) atoms. The van der Waals surface area contributed by atoms with Gasteiger partial charge in [0.05, 0.1) is 11.4 Å². The van der Waals surface area contributed by atoms with Crippen molar-refractivity contribution in [2.45, 2.75) is 22.3 Å². The van der Waals surface area contributed by atoms with E-state index >= 15 is 0 Å². The predicted octanol–water partition coefficient (Wildman–Crippen LogP) is 5.43. The molecule has 0 radical (unpaired) electrons. The Morgan fingerprint density at radius 3 is 2.59 bits per heavy atom. The number of aliphatic imine (C=N–C) groups is 1. The number of nitrogens with zero attached hydrogens (tertiary/aromatic N) is 2. The van der Waals surface area contributed by atoms with E-state index in [0.717, 1.165) is 23.9 Å². The maximum Gasteiger partial charge on any atom is 0.288 e. The molecule has 1 atom stereocenters. The summed E-state index contributed by atoms with van der Waals surface area (Å²) in [6, 6.07) is 8.84. The number of carbonyl (C=O) groups excluding carboxylic acids is 2.